The molecule has 0 aliphatic carbocycles. The van der Waals surface area contributed by atoms with Gasteiger partial charge in [0, 0.05) is 10.0 Å². The van der Waals surface area contributed by atoms with Gasteiger partial charge in [0.05, 0.1) is 5.71 Å². The van der Waals surface area contributed by atoms with Gasteiger partial charge in [-0.1, -0.05) is 46.3 Å². The Morgan fingerprint density at radius 3 is 2.42 bits per heavy atom. The molecule has 0 fully saturated rings. The second-order valence-corrected chi connectivity index (χ2v) is 4.93. The van der Waals surface area contributed by atoms with Gasteiger partial charge in [0.15, 0.2) is 0 Å². The molecule has 3 nitrogen and oxygen atoms in total. The maximum atomic E-state index is 11.8. The minimum absolute atomic E-state index is 0.213. The Kier molecular flexibility index (Phi) is 4.47. The Hall–Kier alpha value is -1.94. The monoisotopic (exact) mass is 316 g/mol. The molecule has 96 valence electrons. The van der Waals surface area contributed by atoms with Crippen molar-refractivity contribution in [2.45, 2.75) is 6.92 Å². The molecule has 2 aromatic carbocycles. The summed E-state index contributed by atoms with van der Waals surface area (Å²) >= 11 is 3.40. The van der Waals surface area contributed by atoms with Gasteiger partial charge in [0.1, 0.15) is 0 Å². The lowest BCUT2D eigenvalue weighted by Gasteiger charge is -2.03. The normalized spacial score (nSPS) is 11.2. The Labute approximate surface area is 120 Å². The average molecular weight is 317 g/mol. The molecule has 0 unspecified atom stereocenters. The van der Waals surface area contributed by atoms with E-state index in [9.17, 15) is 4.79 Å². The van der Waals surface area contributed by atoms with E-state index >= 15 is 0 Å². The largest absolute Gasteiger partial charge is 0.271 e. The van der Waals surface area contributed by atoms with Crippen LogP contribution in [0.15, 0.2) is 64.2 Å². The van der Waals surface area contributed by atoms with Crippen LogP contribution in [0.1, 0.15) is 22.8 Å². The molecule has 0 spiro atoms. The molecule has 4 heteroatoms. The summed E-state index contributed by atoms with van der Waals surface area (Å²) in [6, 6.07) is 16.8. The summed E-state index contributed by atoms with van der Waals surface area (Å²) in [7, 11) is 0. The number of carbonyl (C=O) groups is 1. The minimum Gasteiger partial charge on any atom is -0.267 e. The first-order chi connectivity index (χ1) is 9.16. The van der Waals surface area contributed by atoms with Crippen molar-refractivity contribution in [3.05, 3.63) is 70.2 Å². The zero-order valence-electron chi connectivity index (χ0n) is 10.4. The summed E-state index contributed by atoms with van der Waals surface area (Å²) in [5.41, 5.74) is 4.86. The molecule has 2 rings (SSSR count). The van der Waals surface area contributed by atoms with Gasteiger partial charge in [0.2, 0.25) is 0 Å². The van der Waals surface area contributed by atoms with Crippen LogP contribution in [0.3, 0.4) is 0 Å². The molecule has 0 aliphatic heterocycles. The van der Waals surface area contributed by atoms with Gasteiger partial charge in [-0.3, -0.25) is 4.79 Å². The predicted octanol–water partition coefficient (Wildman–Crippen LogP) is 3.60. The number of hydrogen-bond donors (Lipinski definition) is 1. The highest BCUT2D eigenvalue weighted by molar-refractivity contribution is 9.10. The number of carbonyl (C=O) groups excluding carboxylic acids is 1. The highest BCUT2D eigenvalue weighted by atomic mass is 79.9. The zero-order valence-corrected chi connectivity index (χ0v) is 12.0. The number of nitrogens with one attached hydrogen (secondary N) is 1. The molecule has 1 amide bonds. The average Bonchev–Trinajstić information content (AvgIpc) is 2.45. The fourth-order valence-electron chi connectivity index (χ4n) is 1.57. The van der Waals surface area contributed by atoms with E-state index in [1.807, 2.05) is 49.4 Å². The standard InChI is InChI=1S/C15H13BrN2O/c1-11(13-8-5-9-14(16)10-13)17-18-15(19)12-6-3-2-4-7-12/h2-10H,1H3,(H,18,19)/b17-11+. The topological polar surface area (TPSA) is 41.5 Å². The molecule has 2 aromatic rings. The lowest BCUT2D eigenvalue weighted by atomic mass is 10.1. The van der Waals surface area contributed by atoms with Gasteiger partial charge < -0.3 is 0 Å². The molecule has 0 aromatic heterocycles. The van der Waals surface area contributed by atoms with Crippen molar-refractivity contribution in [2.24, 2.45) is 5.10 Å². The highest BCUT2D eigenvalue weighted by Gasteiger charge is 2.03. The van der Waals surface area contributed by atoms with Gasteiger partial charge in [-0.25, -0.2) is 5.43 Å². The first kappa shape index (κ1) is 13.5. The van der Waals surface area contributed by atoms with E-state index in [0.717, 1.165) is 15.7 Å². The predicted molar refractivity (Wildman–Crippen MR) is 80.3 cm³/mol. The van der Waals surface area contributed by atoms with Crippen molar-refractivity contribution in [1.29, 1.82) is 0 Å². The number of benzene rings is 2. The number of rotatable bonds is 3. The Morgan fingerprint density at radius 2 is 1.74 bits per heavy atom. The number of nitrogens with zero attached hydrogens (tertiary/aromatic N) is 1. The van der Waals surface area contributed by atoms with Crippen LogP contribution in [0.4, 0.5) is 0 Å². The fourth-order valence-corrected chi connectivity index (χ4v) is 1.97. The molecule has 0 saturated heterocycles. The summed E-state index contributed by atoms with van der Waals surface area (Å²) in [5.74, 6) is -0.213. The number of hydrogen-bond acceptors (Lipinski definition) is 2. The smallest absolute Gasteiger partial charge is 0.267 e. The van der Waals surface area contributed by atoms with E-state index in [-0.39, 0.29) is 5.91 Å². The summed E-state index contributed by atoms with van der Waals surface area (Å²) in [4.78, 5) is 11.8. The summed E-state index contributed by atoms with van der Waals surface area (Å²) in [6.45, 7) is 1.85. The van der Waals surface area contributed by atoms with Crippen molar-refractivity contribution < 1.29 is 4.79 Å². The van der Waals surface area contributed by atoms with E-state index in [2.05, 4.69) is 26.5 Å². The Morgan fingerprint density at radius 1 is 1.05 bits per heavy atom. The Balaban J connectivity index is 2.09. The zero-order chi connectivity index (χ0) is 13.7. The lowest BCUT2D eigenvalue weighted by molar-refractivity contribution is 0.0955. The third-order valence-corrected chi connectivity index (χ3v) is 3.10. The summed E-state index contributed by atoms with van der Waals surface area (Å²) in [6.07, 6.45) is 0. The van der Waals surface area contributed by atoms with Crippen molar-refractivity contribution in [3.8, 4) is 0 Å². The number of hydrazone groups is 1. The van der Waals surface area contributed by atoms with Crippen LogP contribution in [0.5, 0.6) is 0 Å². The maximum absolute atomic E-state index is 11.8. The molecule has 0 aliphatic rings. The second-order valence-electron chi connectivity index (χ2n) is 4.01. The van der Waals surface area contributed by atoms with Gasteiger partial charge >= 0.3 is 0 Å². The van der Waals surface area contributed by atoms with Crippen molar-refractivity contribution in [1.82, 2.24) is 5.43 Å². The van der Waals surface area contributed by atoms with E-state index in [1.54, 1.807) is 12.1 Å². The second kappa shape index (κ2) is 6.29. The first-order valence-corrected chi connectivity index (χ1v) is 6.62. The lowest BCUT2D eigenvalue weighted by Crippen LogP contribution is -2.19. The van der Waals surface area contributed by atoms with E-state index in [1.165, 1.54) is 0 Å². The van der Waals surface area contributed by atoms with Crippen LogP contribution in [-0.2, 0) is 0 Å². The molecular weight excluding hydrogens is 304 g/mol. The molecule has 0 atom stereocenters. The van der Waals surface area contributed by atoms with Crippen molar-refractivity contribution in [2.75, 3.05) is 0 Å². The van der Waals surface area contributed by atoms with Crippen molar-refractivity contribution >= 4 is 27.5 Å². The molecule has 1 N–H and O–H groups in total. The van der Waals surface area contributed by atoms with Gasteiger partial charge in [0.25, 0.3) is 5.91 Å². The quantitative estimate of drug-likeness (QED) is 0.682. The molecule has 0 bridgehead atoms. The molecule has 19 heavy (non-hydrogen) atoms. The van der Waals surface area contributed by atoms with E-state index in [0.29, 0.717) is 5.56 Å². The first-order valence-electron chi connectivity index (χ1n) is 5.82. The van der Waals surface area contributed by atoms with Gasteiger partial charge in [-0.15, -0.1) is 0 Å². The van der Waals surface area contributed by atoms with Crippen LogP contribution < -0.4 is 5.43 Å². The highest BCUT2D eigenvalue weighted by Crippen LogP contribution is 2.12. The summed E-state index contributed by atoms with van der Waals surface area (Å²) in [5, 5.41) is 4.11. The van der Waals surface area contributed by atoms with Crippen LogP contribution >= 0.6 is 15.9 Å². The van der Waals surface area contributed by atoms with Gasteiger partial charge in [-0.05, 0) is 36.8 Å². The van der Waals surface area contributed by atoms with Gasteiger partial charge in [-0.2, -0.15) is 5.10 Å². The SMILES string of the molecule is C/C(=N\NC(=O)c1ccccc1)c1cccc(Br)c1. The molecule has 0 heterocycles. The minimum atomic E-state index is -0.213. The van der Waals surface area contributed by atoms with Crippen LogP contribution in [-0.4, -0.2) is 11.6 Å². The van der Waals surface area contributed by atoms with Crippen LogP contribution in [0.25, 0.3) is 0 Å². The third kappa shape index (κ3) is 3.76. The maximum Gasteiger partial charge on any atom is 0.271 e. The number of halogens is 1. The molecule has 0 saturated carbocycles. The Bertz CT molecular complexity index is 609. The number of amides is 1. The molecular formula is C15H13BrN2O. The van der Waals surface area contributed by atoms with Crippen LogP contribution in [0, 0.1) is 0 Å². The van der Waals surface area contributed by atoms with E-state index < -0.39 is 0 Å². The van der Waals surface area contributed by atoms with E-state index in [4.69, 9.17) is 0 Å². The fraction of sp³-hybridized carbons (Fsp3) is 0.0667. The third-order valence-electron chi connectivity index (χ3n) is 2.60. The molecule has 0 radical (unpaired) electrons. The van der Waals surface area contributed by atoms with Crippen molar-refractivity contribution in [3.63, 3.8) is 0 Å². The van der Waals surface area contributed by atoms with Crippen LogP contribution in [0.2, 0.25) is 0 Å². The summed E-state index contributed by atoms with van der Waals surface area (Å²) < 4.78 is 0.980.